The SMILES string of the molecule is CCCCSc1cc(C(=O)O)ccc1N. The van der Waals surface area contributed by atoms with E-state index < -0.39 is 5.97 Å². The van der Waals surface area contributed by atoms with Crippen molar-refractivity contribution < 1.29 is 9.90 Å². The van der Waals surface area contributed by atoms with Gasteiger partial charge in [0.25, 0.3) is 0 Å². The zero-order chi connectivity index (χ0) is 11.3. The molecule has 3 N–H and O–H groups in total. The Labute approximate surface area is 93.7 Å². The maximum atomic E-state index is 10.7. The van der Waals surface area contributed by atoms with Crippen LogP contribution in [-0.2, 0) is 0 Å². The minimum absolute atomic E-state index is 0.295. The second-order valence-electron chi connectivity index (χ2n) is 3.26. The van der Waals surface area contributed by atoms with Crippen molar-refractivity contribution in [1.29, 1.82) is 0 Å². The van der Waals surface area contributed by atoms with Gasteiger partial charge in [0, 0.05) is 10.6 Å². The van der Waals surface area contributed by atoms with Crippen molar-refractivity contribution in [3.05, 3.63) is 23.8 Å². The van der Waals surface area contributed by atoms with Gasteiger partial charge in [-0.3, -0.25) is 0 Å². The normalized spacial score (nSPS) is 10.2. The van der Waals surface area contributed by atoms with Gasteiger partial charge in [-0.05, 0) is 30.4 Å². The Morgan fingerprint density at radius 1 is 1.53 bits per heavy atom. The highest BCUT2D eigenvalue weighted by molar-refractivity contribution is 7.99. The van der Waals surface area contributed by atoms with E-state index in [1.54, 1.807) is 23.9 Å². The highest BCUT2D eigenvalue weighted by Crippen LogP contribution is 2.26. The maximum absolute atomic E-state index is 10.7. The Morgan fingerprint density at radius 2 is 2.27 bits per heavy atom. The largest absolute Gasteiger partial charge is 0.478 e. The summed E-state index contributed by atoms with van der Waals surface area (Å²) in [4.78, 5) is 11.6. The van der Waals surface area contributed by atoms with Gasteiger partial charge in [0.1, 0.15) is 0 Å². The van der Waals surface area contributed by atoms with Crippen molar-refractivity contribution in [3.63, 3.8) is 0 Å². The number of rotatable bonds is 5. The van der Waals surface area contributed by atoms with Crippen LogP contribution in [0.15, 0.2) is 23.1 Å². The number of hydrogen-bond acceptors (Lipinski definition) is 3. The predicted molar refractivity (Wildman–Crippen MR) is 63.4 cm³/mol. The molecule has 15 heavy (non-hydrogen) atoms. The summed E-state index contributed by atoms with van der Waals surface area (Å²) in [5.41, 5.74) is 6.71. The van der Waals surface area contributed by atoms with Gasteiger partial charge in [0.05, 0.1) is 5.56 Å². The number of benzene rings is 1. The molecule has 1 aromatic carbocycles. The van der Waals surface area contributed by atoms with Crippen LogP contribution in [0.4, 0.5) is 5.69 Å². The van der Waals surface area contributed by atoms with Crippen molar-refractivity contribution in [2.45, 2.75) is 24.7 Å². The van der Waals surface area contributed by atoms with Crippen molar-refractivity contribution in [3.8, 4) is 0 Å². The van der Waals surface area contributed by atoms with E-state index in [-0.39, 0.29) is 0 Å². The molecule has 0 aliphatic heterocycles. The number of nitrogen functional groups attached to an aromatic ring is 1. The third-order valence-electron chi connectivity index (χ3n) is 2.02. The molecule has 0 radical (unpaired) electrons. The summed E-state index contributed by atoms with van der Waals surface area (Å²) in [5.74, 6) is 0.0661. The Hall–Kier alpha value is -1.16. The molecule has 0 aliphatic carbocycles. The molecule has 0 aromatic heterocycles. The summed E-state index contributed by atoms with van der Waals surface area (Å²) in [6.07, 6.45) is 2.24. The molecular formula is C11H15NO2S. The summed E-state index contributed by atoms with van der Waals surface area (Å²) in [5, 5.41) is 8.82. The van der Waals surface area contributed by atoms with E-state index in [1.165, 1.54) is 6.07 Å². The monoisotopic (exact) mass is 225 g/mol. The summed E-state index contributed by atoms with van der Waals surface area (Å²) < 4.78 is 0. The number of unbranched alkanes of at least 4 members (excludes halogenated alkanes) is 1. The molecule has 0 saturated heterocycles. The molecule has 82 valence electrons. The average molecular weight is 225 g/mol. The molecule has 0 unspecified atom stereocenters. The third-order valence-corrected chi connectivity index (χ3v) is 3.17. The van der Waals surface area contributed by atoms with Gasteiger partial charge < -0.3 is 10.8 Å². The number of nitrogens with two attached hydrogens (primary N) is 1. The average Bonchev–Trinajstić information content (AvgIpc) is 2.20. The second kappa shape index (κ2) is 5.66. The number of thioether (sulfide) groups is 1. The number of carbonyl (C=O) groups is 1. The van der Waals surface area contributed by atoms with Crippen molar-refractivity contribution in [2.75, 3.05) is 11.5 Å². The Kier molecular flexibility index (Phi) is 4.49. The second-order valence-corrected chi connectivity index (χ2v) is 4.40. The highest BCUT2D eigenvalue weighted by atomic mass is 32.2. The van der Waals surface area contributed by atoms with Crippen molar-refractivity contribution >= 4 is 23.4 Å². The number of carboxylic acid groups (broad SMARTS) is 1. The standard InChI is InChI=1S/C11H15NO2S/c1-2-3-6-15-10-7-8(11(13)14)4-5-9(10)12/h4-5,7H,2-3,6,12H2,1H3,(H,13,14). The molecule has 0 spiro atoms. The lowest BCUT2D eigenvalue weighted by Gasteiger charge is -2.05. The van der Waals surface area contributed by atoms with E-state index >= 15 is 0 Å². The van der Waals surface area contributed by atoms with Crippen LogP contribution in [0.25, 0.3) is 0 Å². The first-order valence-corrected chi connectivity index (χ1v) is 5.89. The van der Waals surface area contributed by atoms with Gasteiger partial charge in [-0.2, -0.15) is 0 Å². The molecule has 0 atom stereocenters. The van der Waals surface area contributed by atoms with E-state index in [0.717, 1.165) is 23.5 Å². The molecule has 0 saturated carbocycles. The quantitative estimate of drug-likeness (QED) is 0.459. The topological polar surface area (TPSA) is 63.3 Å². The fourth-order valence-electron chi connectivity index (χ4n) is 1.12. The minimum atomic E-state index is -0.910. The van der Waals surface area contributed by atoms with Gasteiger partial charge in [0.15, 0.2) is 0 Å². The van der Waals surface area contributed by atoms with Crippen LogP contribution in [0.2, 0.25) is 0 Å². The summed E-state index contributed by atoms with van der Waals surface area (Å²) in [6, 6.07) is 4.82. The zero-order valence-corrected chi connectivity index (χ0v) is 9.51. The first-order valence-electron chi connectivity index (χ1n) is 4.90. The molecule has 4 heteroatoms. The fourth-order valence-corrected chi connectivity index (χ4v) is 2.22. The van der Waals surface area contributed by atoms with Crippen LogP contribution in [0.5, 0.6) is 0 Å². The summed E-state index contributed by atoms with van der Waals surface area (Å²) in [7, 11) is 0. The lowest BCUT2D eigenvalue weighted by atomic mass is 10.2. The highest BCUT2D eigenvalue weighted by Gasteiger charge is 2.06. The third kappa shape index (κ3) is 3.47. The molecule has 0 aliphatic rings. The first-order chi connectivity index (χ1) is 7.15. The van der Waals surface area contributed by atoms with Gasteiger partial charge in [-0.25, -0.2) is 4.79 Å². The van der Waals surface area contributed by atoms with Crippen LogP contribution in [-0.4, -0.2) is 16.8 Å². The van der Waals surface area contributed by atoms with E-state index in [2.05, 4.69) is 6.92 Å². The summed E-state index contributed by atoms with van der Waals surface area (Å²) >= 11 is 1.61. The van der Waals surface area contributed by atoms with Gasteiger partial charge in [-0.15, -0.1) is 11.8 Å². The van der Waals surface area contributed by atoms with E-state index in [9.17, 15) is 4.79 Å². The lowest BCUT2D eigenvalue weighted by molar-refractivity contribution is 0.0696. The zero-order valence-electron chi connectivity index (χ0n) is 8.69. The summed E-state index contributed by atoms with van der Waals surface area (Å²) in [6.45, 7) is 2.12. The molecule has 1 aromatic rings. The molecule has 0 bridgehead atoms. The lowest BCUT2D eigenvalue weighted by Crippen LogP contribution is -1.98. The number of aromatic carboxylic acids is 1. The molecular weight excluding hydrogens is 210 g/mol. The maximum Gasteiger partial charge on any atom is 0.335 e. The van der Waals surface area contributed by atoms with Crippen LogP contribution in [0.1, 0.15) is 30.1 Å². The number of hydrogen-bond donors (Lipinski definition) is 2. The molecule has 0 amide bonds. The Bertz CT molecular complexity index is 352. The Morgan fingerprint density at radius 3 is 2.87 bits per heavy atom. The van der Waals surface area contributed by atoms with Gasteiger partial charge >= 0.3 is 5.97 Å². The number of carboxylic acids is 1. The molecule has 1 rings (SSSR count). The van der Waals surface area contributed by atoms with Gasteiger partial charge in [0.2, 0.25) is 0 Å². The van der Waals surface area contributed by atoms with E-state index in [0.29, 0.717) is 11.3 Å². The number of anilines is 1. The molecule has 0 heterocycles. The Balaban J connectivity index is 2.76. The van der Waals surface area contributed by atoms with Crippen molar-refractivity contribution in [2.24, 2.45) is 0 Å². The van der Waals surface area contributed by atoms with E-state index in [4.69, 9.17) is 10.8 Å². The van der Waals surface area contributed by atoms with Crippen LogP contribution >= 0.6 is 11.8 Å². The minimum Gasteiger partial charge on any atom is -0.478 e. The first kappa shape index (κ1) is 11.9. The molecule has 0 fully saturated rings. The van der Waals surface area contributed by atoms with E-state index in [1.807, 2.05) is 0 Å². The molecule has 3 nitrogen and oxygen atoms in total. The predicted octanol–water partition coefficient (Wildman–Crippen LogP) is 2.86. The van der Waals surface area contributed by atoms with Crippen molar-refractivity contribution in [1.82, 2.24) is 0 Å². The van der Waals surface area contributed by atoms with Crippen LogP contribution in [0.3, 0.4) is 0 Å². The smallest absolute Gasteiger partial charge is 0.335 e. The van der Waals surface area contributed by atoms with Crippen LogP contribution in [0, 0.1) is 0 Å². The van der Waals surface area contributed by atoms with Crippen LogP contribution < -0.4 is 5.73 Å². The van der Waals surface area contributed by atoms with Gasteiger partial charge in [-0.1, -0.05) is 13.3 Å². The fraction of sp³-hybridized carbons (Fsp3) is 0.364.